The van der Waals surface area contributed by atoms with E-state index in [9.17, 15) is 0 Å². The minimum atomic E-state index is 0.151. The Labute approximate surface area is 123 Å². The first-order chi connectivity index (χ1) is 9.61. The van der Waals surface area contributed by atoms with Crippen molar-refractivity contribution in [2.45, 2.75) is 24.5 Å². The average molecular weight is 286 g/mol. The molecular weight excluding hydrogens is 268 g/mol. The van der Waals surface area contributed by atoms with Crippen LogP contribution in [0.3, 0.4) is 0 Å². The van der Waals surface area contributed by atoms with E-state index >= 15 is 0 Å². The molecule has 0 aliphatic rings. The monoisotopic (exact) mass is 286 g/mol. The second-order valence-electron chi connectivity index (χ2n) is 4.68. The predicted octanol–water partition coefficient (Wildman–Crippen LogP) is 3.69. The van der Waals surface area contributed by atoms with Crippen molar-refractivity contribution in [3.63, 3.8) is 0 Å². The fourth-order valence-electron chi connectivity index (χ4n) is 2.00. The summed E-state index contributed by atoms with van der Waals surface area (Å²) in [5.41, 5.74) is 10.1. The van der Waals surface area contributed by atoms with E-state index in [1.165, 1.54) is 16.0 Å². The SMILES string of the molecule is Cc1ccccc1CSc1ccc(/C(N)=N/O)c(C)c1. The van der Waals surface area contributed by atoms with E-state index in [1.54, 1.807) is 11.8 Å². The Morgan fingerprint density at radius 1 is 1.15 bits per heavy atom. The zero-order valence-electron chi connectivity index (χ0n) is 11.6. The third-order valence-electron chi connectivity index (χ3n) is 3.24. The molecule has 2 aromatic carbocycles. The van der Waals surface area contributed by atoms with Gasteiger partial charge in [0.05, 0.1) is 0 Å². The van der Waals surface area contributed by atoms with Crippen LogP contribution in [0.25, 0.3) is 0 Å². The summed E-state index contributed by atoms with van der Waals surface area (Å²) in [4.78, 5) is 1.18. The molecule has 20 heavy (non-hydrogen) atoms. The Morgan fingerprint density at radius 3 is 2.55 bits per heavy atom. The molecular formula is C16H18N2OS. The number of thioether (sulfide) groups is 1. The molecule has 0 amide bonds. The first kappa shape index (κ1) is 14.5. The van der Waals surface area contributed by atoms with Crippen LogP contribution in [0.4, 0.5) is 0 Å². The zero-order valence-corrected chi connectivity index (χ0v) is 12.4. The van der Waals surface area contributed by atoms with Crippen molar-refractivity contribution in [1.82, 2.24) is 0 Å². The number of hydrogen-bond donors (Lipinski definition) is 2. The second kappa shape index (κ2) is 6.48. The van der Waals surface area contributed by atoms with Crippen LogP contribution in [-0.4, -0.2) is 11.0 Å². The predicted molar refractivity (Wildman–Crippen MR) is 84.4 cm³/mol. The van der Waals surface area contributed by atoms with Crippen molar-refractivity contribution < 1.29 is 5.21 Å². The van der Waals surface area contributed by atoms with Gasteiger partial charge < -0.3 is 10.9 Å². The molecule has 3 nitrogen and oxygen atoms in total. The van der Waals surface area contributed by atoms with Crippen LogP contribution in [0.2, 0.25) is 0 Å². The lowest BCUT2D eigenvalue weighted by molar-refractivity contribution is 0.318. The van der Waals surface area contributed by atoms with Gasteiger partial charge >= 0.3 is 0 Å². The number of nitrogens with two attached hydrogens (primary N) is 1. The Bertz CT molecular complexity index is 638. The number of amidine groups is 1. The number of oxime groups is 1. The molecule has 0 spiro atoms. The summed E-state index contributed by atoms with van der Waals surface area (Å²) in [5, 5.41) is 11.8. The third kappa shape index (κ3) is 3.33. The van der Waals surface area contributed by atoms with Crippen molar-refractivity contribution in [3.05, 3.63) is 64.7 Å². The van der Waals surface area contributed by atoms with Gasteiger partial charge in [-0.3, -0.25) is 0 Å². The van der Waals surface area contributed by atoms with Gasteiger partial charge in [-0.1, -0.05) is 29.4 Å². The quantitative estimate of drug-likeness (QED) is 0.296. The van der Waals surface area contributed by atoms with E-state index in [0.717, 1.165) is 16.9 Å². The second-order valence-corrected chi connectivity index (χ2v) is 5.73. The zero-order chi connectivity index (χ0) is 14.5. The Kier molecular flexibility index (Phi) is 4.69. The van der Waals surface area contributed by atoms with Crippen molar-refractivity contribution in [2.24, 2.45) is 10.9 Å². The highest BCUT2D eigenvalue weighted by Crippen LogP contribution is 2.26. The molecule has 2 rings (SSSR count). The molecule has 0 bridgehead atoms. The summed E-state index contributed by atoms with van der Waals surface area (Å²) >= 11 is 1.79. The molecule has 0 saturated carbocycles. The summed E-state index contributed by atoms with van der Waals surface area (Å²) in [7, 11) is 0. The number of benzene rings is 2. The van der Waals surface area contributed by atoms with Crippen LogP contribution < -0.4 is 5.73 Å². The highest BCUT2D eigenvalue weighted by molar-refractivity contribution is 7.98. The molecule has 0 fully saturated rings. The Hall–Kier alpha value is -1.94. The molecule has 0 aliphatic carbocycles. The average Bonchev–Trinajstić information content (AvgIpc) is 2.46. The molecule has 0 saturated heterocycles. The Morgan fingerprint density at radius 2 is 1.90 bits per heavy atom. The highest BCUT2D eigenvalue weighted by Gasteiger charge is 2.05. The molecule has 3 N–H and O–H groups in total. The van der Waals surface area contributed by atoms with Gasteiger partial charge in [-0.25, -0.2) is 0 Å². The first-order valence-electron chi connectivity index (χ1n) is 6.37. The van der Waals surface area contributed by atoms with Crippen molar-refractivity contribution in [3.8, 4) is 0 Å². The first-order valence-corrected chi connectivity index (χ1v) is 7.36. The number of hydrogen-bond acceptors (Lipinski definition) is 3. The van der Waals surface area contributed by atoms with E-state index in [1.807, 2.05) is 19.1 Å². The largest absolute Gasteiger partial charge is 0.409 e. The van der Waals surface area contributed by atoms with Crippen LogP contribution >= 0.6 is 11.8 Å². The molecule has 0 aromatic heterocycles. The van der Waals surface area contributed by atoms with E-state index in [-0.39, 0.29) is 5.84 Å². The summed E-state index contributed by atoms with van der Waals surface area (Å²) in [6, 6.07) is 14.4. The molecule has 104 valence electrons. The number of rotatable bonds is 4. The summed E-state index contributed by atoms with van der Waals surface area (Å²) in [6.45, 7) is 4.09. The molecule has 2 aromatic rings. The lowest BCUT2D eigenvalue weighted by Crippen LogP contribution is -2.14. The lowest BCUT2D eigenvalue weighted by atomic mass is 10.1. The van der Waals surface area contributed by atoms with Crippen LogP contribution in [0.5, 0.6) is 0 Å². The maximum Gasteiger partial charge on any atom is 0.170 e. The van der Waals surface area contributed by atoms with Crippen molar-refractivity contribution in [1.29, 1.82) is 0 Å². The molecule has 0 unspecified atom stereocenters. The Balaban J connectivity index is 2.12. The summed E-state index contributed by atoms with van der Waals surface area (Å²) in [5.74, 6) is 1.09. The van der Waals surface area contributed by atoms with E-state index in [0.29, 0.717) is 0 Å². The number of aryl methyl sites for hydroxylation is 2. The van der Waals surface area contributed by atoms with E-state index < -0.39 is 0 Å². The van der Waals surface area contributed by atoms with Crippen molar-refractivity contribution in [2.75, 3.05) is 0 Å². The maximum absolute atomic E-state index is 8.72. The van der Waals surface area contributed by atoms with Crippen LogP contribution in [0.1, 0.15) is 22.3 Å². The van der Waals surface area contributed by atoms with Gasteiger partial charge in [0.2, 0.25) is 0 Å². The topological polar surface area (TPSA) is 58.6 Å². The maximum atomic E-state index is 8.72. The van der Waals surface area contributed by atoms with Crippen LogP contribution in [0, 0.1) is 13.8 Å². The van der Waals surface area contributed by atoms with Gasteiger partial charge in [0.15, 0.2) is 5.84 Å². The molecule has 0 radical (unpaired) electrons. The van der Waals surface area contributed by atoms with Gasteiger partial charge in [0, 0.05) is 16.2 Å². The fourth-order valence-corrected chi connectivity index (χ4v) is 3.07. The van der Waals surface area contributed by atoms with Crippen molar-refractivity contribution >= 4 is 17.6 Å². The molecule has 0 heterocycles. The molecule has 4 heteroatoms. The van der Waals surface area contributed by atoms with Gasteiger partial charge in [0.1, 0.15) is 0 Å². The normalized spacial score (nSPS) is 11.6. The van der Waals surface area contributed by atoms with Gasteiger partial charge in [-0.2, -0.15) is 0 Å². The minimum Gasteiger partial charge on any atom is -0.409 e. The highest BCUT2D eigenvalue weighted by atomic mass is 32.2. The summed E-state index contributed by atoms with van der Waals surface area (Å²) in [6.07, 6.45) is 0. The molecule has 0 aliphatic heterocycles. The number of nitrogens with zero attached hydrogens (tertiary/aromatic N) is 1. The van der Waals surface area contributed by atoms with E-state index in [4.69, 9.17) is 10.9 Å². The van der Waals surface area contributed by atoms with Gasteiger partial charge in [-0.15, -0.1) is 11.8 Å². The summed E-state index contributed by atoms with van der Waals surface area (Å²) < 4.78 is 0. The lowest BCUT2D eigenvalue weighted by Gasteiger charge is -2.08. The van der Waals surface area contributed by atoms with Gasteiger partial charge in [-0.05, 0) is 48.7 Å². The fraction of sp³-hybridized carbons (Fsp3) is 0.188. The standard InChI is InChI=1S/C16H18N2OS/c1-11-5-3-4-6-13(11)10-20-14-7-8-15(12(2)9-14)16(17)18-19/h3-9,19H,10H2,1-2H3,(H2,17,18). The van der Waals surface area contributed by atoms with E-state index in [2.05, 4.69) is 42.4 Å². The minimum absolute atomic E-state index is 0.151. The third-order valence-corrected chi connectivity index (χ3v) is 4.28. The van der Waals surface area contributed by atoms with Crippen LogP contribution in [-0.2, 0) is 5.75 Å². The molecule has 0 atom stereocenters. The van der Waals surface area contributed by atoms with Gasteiger partial charge in [0.25, 0.3) is 0 Å². The smallest absolute Gasteiger partial charge is 0.170 e. The van der Waals surface area contributed by atoms with Crippen LogP contribution in [0.15, 0.2) is 52.5 Å².